The third-order valence-electron chi connectivity index (χ3n) is 2.28. The number of aryl methyl sites for hydroxylation is 1. The molecular weight excluding hydrogens is 200 g/mol. The first-order valence-corrected chi connectivity index (χ1v) is 5.63. The van der Waals surface area contributed by atoms with E-state index in [9.17, 15) is 4.79 Å². The van der Waals surface area contributed by atoms with Crippen molar-refractivity contribution in [1.82, 2.24) is 10.6 Å². The fourth-order valence-electron chi connectivity index (χ4n) is 1.27. The van der Waals surface area contributed by atoms with Crippen molar-refractivity contribution in [3.8, 4) is 0 Å². The third-order valence-corrected chi connectivity index (χ3v) is 2.28. The van der Waals surface area contributed by atoms with Gasteiger partial charge in [0.15, 0.2) is 0 Å². The van der Waals surface area contributed by atoms with E-state index in [1.807, 2.05) is 38.1 Å². The van der Waals surface area contributed by atoms with Crippen molar-refractivity contribution in [1.29, 1.82) is 0 Å². The second kappa shape index (κ2) is 6.28. The zero-order chi connectivity index (χ0) is 12.0. The molecule has 0 saturated heterocycles. The highest BCUT2D eigenvalue weighted by Gasteiger charge is 2.01. The van der Waals surface area contributed by atoms with Crippen molar-refractivity contribution < 1.29 is 4.79 Å². The molecule has 2 N–H and O–H groups in total. The summed E-state index contributed by atoms with van der Waals surface area (Å²) in [6.45, 7) is 7.07. The lowest BCUT2D eigenvalue weighted by Gasteiger charge is -2.09. The van der Waals surface area contributed by atoms with E-state index in [1.54, 1.807) is 0 Å². The minimum absolute atomic E-state index is 0.0364. The lowest BCUT2D eigenvalue weighted by molar-refractivity contribution is -0.120. The monoisotopic (exact) mass is 220 g/mol. The molecule has 0 aliphatic heterocycles. The average molecular weight is 220 g/mol. The predicted molar refractivity (Wildman–Crippen MR) is 66.2 cm³/mol. The standard InChI is InChI=1S/C13H20N2O/c1-10(2)14-9-13(16)15-8-12-6-4-11(3)5-7-12/h4-7,10,14H,8-9H2,1-3H3,(H,15,16). The summed E-state index contributed by atoms with van der Waals surface area (Å²) in [6, 6.07) is 8.50. The van der Waals surface area contributed by atoms with E-state index >= 15 is 0 Å². The van der Waals surface area contributed by atoms with Crippen LogP contribution in [0, 0.1) is 6.92 Å². The van der Waals surface area contributed by atoms with Gasteiger partial charge >= 0.3 is 0 Å². The molecule has 3 nitrogen and oxygen atoms in total. The molecule has 0 fully saturated rings. The molecule has 0 saturated carbocycles. The van der Waals surface area contributed by atoms with Crippen molar-refractivity contribution in [2.24, 2.45) is 0 Å². The lowest BCUT2D eigenvalue weighted by atomic mass is 10.1. The number of hydrogen-bond donors (Lipinski definition) is 2. The largest absolute Gasteiger partial charge is 0.351 e. The Morgan fingerprint density at radius 1 is 1.25 bits per heavy atom. The van der Waals surface area contributed by atoms with Crippen LogP contribution in [0.4, 0.5) is 0 Å². The van der Waals surface area contributed by atoms with Crippen molar-refractivity contribution in [3.05, 3.63) is 35.4 Å². The molecule has 0 heterocycles. The average Bonchev–Trinajstić information content (AvgIpc) is 2.25. The van der Waals surface area contributed by atoms with Crippen LogP contribution >= 0.6 is 0 Å². The second-order valence-corrected chi connectivity index (χ2v) is 4.30. The Morgan fingerprint density at radius 2 is 1.88 bits per heavy atom. The molecule has 1 rings (SSSR count). The van der Waals surface area contributed by atoms with Gasteiger partial charge < -0.3 is 10.6 Å². The Kier molecular flexibility index (Phi) is 4.99. The summed E-state index contributed by atoms with van der Waals surface area (Å²) in [7, 11) is 0. The van der Waals surface area contributed by atoms with Crippen LogP contribution in [0.2, 0.25) is 0 Å². The van der Waals surface area contributed by atoms with Crippen LogP contribution in [0.3, 0.4) is 0 Å². The predicted octanol–water partition coefficient (Wildman–Crippen LogP) is 1.61. The normalized spacial score (nSPS) is 10.5. The molecule has 1 aromatic carbocycles. The van der Waals surface area contributed by atoms with Crippen molar-refractivity contribution in [2.75, 3.05) is 6.54 Å². The van der Waals surface area contributed by atoms with Gasteiger partial charge in [0.2, 0.25) is 5.91 Å². The summed E-state index contributed by atoms with van der Waals surface area (Å²) in [5.74, 6) is 0.0364. The molecule has 0 aliphatic carbocycles. The van der Waals surface area contributed by atoms with E-state index in [0.717, 1.165) is 5.56 Å². The maximum atomic E-state index is 11.4. The first kappa shape index (κ1) is 12.7. The summed E-state index contributed by atoms with van der Waals surface area (Å²) in [6.07, 6.45) is 0. The third kappa shape index (κ3) is 4.94. The van der Waals surface area contributed by atoms with Gasteiger partial charge in [0.05, 0.1) is 6.54 Å². The topological polar surface area (TPSA) is 41.1 Å². The molecule has 0 spiro atoms. The summed E-state index contributed by atoms with van der Waals surface area (Å²) in [5.41, 5.74) is 2.36. The molecule has 1 aromatic rings. The van der Waals surface area contributed by atoms with Crippen LogP contribution in [0.1, 0.15) is 25.0 Å². The second-order valence-electron chi connectivity index (χ2n) is 4.30. The molecule has 0 aromatic heterocycles. The van der Waals surface area contributed by atoms with E-state index in [1.165, 1.54) is 5.56 Å². The minimum Gasteiger partial charge on any atom is -0.351 e. The fraction of sp³-hybridized carbons (Fsp3) is 0.462. The summed E-state index contributed by atoms with van der Waals surface area (Å²) >= 11 is 0. The molecule has 0 aliphatic rings. The van der Waals surface area contributed by atoms with Crippen molar-refractivity contribution in [3.63, 3.8) is 0 Å². The van der Waals surface area contributed by atoms with Crippen LogP contribution in [-0.4, -0.2) is 18.5 Å². The van der Waals surface area contributed by atoms with E-state index in [4.69, 9.17) is 0 Å². The molecule has 3 heteroatoms. The molecule has 0 unspecified atom stereocenters. The van der Waals surface area contributed by atoms with Gasteiger partial charge in [-0.1, -0.05) is 43.7 Å². The molecule has 88 valence electrons. The van der Waals surface area contributed by atoms with Gasteiger partial charge in [-0.2, -0.15) is 0 Å². The lowest BCUT2D eigenvalue weighted by Crippen LogP contribution is -2.36. The Morgan fingerprint density at radius 3 is 2.44 bits per heavy atom. The van der Waals surface area contributed by atoms with Gasteiger partial charge in [0.25, 0.3) is 0 Å². The van der Waals surface area contributed by atoms with Crippen LogP contribution in [0.15, 0.2) is 24.3 Å². The molecule has 1 amide bonds. The summed E-state index contributed by atoms with van der Waals surface area (Å²) < 4.78 is 0. The smallest absolute Gasteiger partial charge is 0.234 e. The SMILES string of the molecule is Cc1ccc(CNC(=O)CNC(C)C)cc1. The number of rotatable bonds is 5. The summed E-state index contributed by atoms with van der Waals surface area (Å²) in [4.78, 5) is 11.4. The Labute approximate surface area is 97.2 Å². The first-order chi connectivity index (χ1) is 7.58. The van der Waals surface area contributed by atoms with Crippen molar-refractivity contribution in [2.45, 2.75) is 33.4 Å². The van der Waals surface area contributed by atoms with E-state index in [2.05, 4.69) is 17.6 Å². The Bertz CT molecular complexity index is 330. The molecule has 0 bridgehead atoms. The van der Waals surface area contributed by atoms with Crippen LogP contribution < -0.4 is 10.6 Å². The maximum Gasteiger partial charge on any atom is 0.234 e. The number of carbonyl (C=O) groups excluding carboxylic acids is 1. The van der Waals surface area contributed by atoms with Gasteiger partial charge in [-0.05, 0) is 12.5 Å². The van der Waals surface area contributed by atoms with Crippen LogP contribution in [0.5, 0.6) is 0 Å². The number of nitrogens with one attached hydrogen (secondary N) is 2. The van der Waals surface area contributed by atoms with Gasteiger partial charge in [0.1, 0.15) is 0 Å². The van der Waals surface area contributed by atoms with Crippen LogP contribution in [0.25, 0.3) is 0 Å². The first-order valence-electron chi connectivity index (χ1n) is 5.63. The van der Waals surface area contributed by atoms with Crippen molar-refractivity contribution >= 4 is 5.91 Å². The van der Waals surface area contributed by atoms with Gasteiger partial charge in [-0.15, -0.1) is 0 Å². The fourth-order valence-corrected chi connectivity index (χ4v) is 1.27. The summed E-state index contributed by atoms with van der Waals surface area (Å²) in [5, 5.41) is 5.95. The maximum absolute atomic E-state index is 11.4. The number of amides is 1. The quantitative estimate of drug-likeness (QED) is 0.791. The minimum atomic E-state index is 0.0364. The molecule has 16 heavy (non-hydrogen) atoms. The number of benzene rings is 1. The Balaban J connectivity index is 2.29. The van der Waals surface area contributed by atoms with Gasteiger partial charge in [-0.25, -0.2) is 0 Å². The molecule has 0 radical (unpaired) electrons. The number of carbonyl (C=O) groups is 1. The van der Waals surface area contributed by atoms with Gasteiger partial charge in [-0.3, -0.25) is 4.79 Å². The highest BCUT2D eigenvalue weighted by atomic mass is 16.1. The molecular formula is C13H20N2O. The zero-order valence-corrected chi connectivity index (χ0v) is 10.2. The van der Waals surface area contributed by atoms with Crippen LogP contribution in [-0.2, 0) is 11.3 Å². The number of hydrogen-bond acceptors (Lipinski definition) is 2. The Hall–Kier alpha value is -1.35. The highest BCUT2D eigenvalue weighted by molar-refractivity contribution is 5.77. The van der Waals surface area contributed by atoms with Gasteiger partial charge in [0, 0.05) is 12.6 Å². The molecule has 0 atom stereocenters. The van der Waals surface area contributed by atoms with E-state index < -0.39 is 0 Å². The van der Waals surface area contributed by atoms with E-state index in [-0.39, 0.29) is 5.91 Å². The zero-order valence-electron chi connectivity index (χ0n) is 10.2. The van der Waals surface area contributed by atoms with E-state index in [0.29, 0.717) is 19.1 Å². The highest BCUT2D eigenvalue weighted by Crippen LogP contribution is 2.02.